The summed E-state index contributed by atoms with van der Waals surface area (Å²) in [5, 5.41) is 26.8. The van der Waals surface area contributed by atoms with Gasteiger partial charge in [0.2, 0.25) is 0 Å². The second kappa shape index (κ2) is 27.1. The van der Waals surface area contributed by atoms with Crippen LogP contribution in [0, 0.1) is 0 Å². The minimum absolute atomic E-state index is 0.103. The van der Waals surface area contributed by atoms with Crippen molar-refractivity contribution in [2.24, 2.45) is 11.5 Å². The molecular formula is C28H52N6O12. The third-order valence-electron chi connectivity index (χ3n) is 6.41. The van der Waals surface area contributed by atoms with Gasteiger partial charge in [0.1, 0.15) is 39.1 Å². The van der Waals surface area contributed by atoms with Crippen LogP contribution in [-0.2, 0) is 47.7 Å². The number of aliphatic hydroxyl groups is 2. The van der Waals surface area contributed by atoms with Crippen molar-refractivity contribution in [2.45, 2.75) is 50.7 Å². The van der Waals surface area contributed by atoms with Gasteiger partial charge in [-0.3, -0.25) is 33.7 Å². The van der Waals surface area contributed by atoms with Crippen molar-refractivity contribution in [1.29, 1.82) is 0 Å². The van der Waals surface area contributed by atoms with E-state index in [4.69, 9.17) is 40.6 Å². The highest BCUT2D eigenvalue weighted by Crippen LogP contribution is 2.02. The molecule has 0 rings (SSSR count). The van der Waals surface area contributed by atoms with Crippen molar-refractivity contribution in [3.8, 4) is 0 Å². The Labute approximate surface area is 269 Å². The molecule has 0 amide bonds. The molecule has 9 N–H and O–H groups in total. The predicted molar refractivity (Wildman–Crippen MR) is 163 cm³/mol. The van der Waals surface area contributed by atoms with E-state index in [1.54, 1.807) is 4.90 Å². The Morgan fingerprint density at radius 2 is 1.02 bits per heavy atom. The maximum Gasteiger partial charge on any atom is 0.323 e. The zero-order valence-corrected chi connectivity index (χ0v) is 26.8. The maximum atomic E-state index is 12.4. The van der Waals surface area contributed by atoms with Crippen LogP contribution in [0.15, 0.2) is 0 Å². The molecule has 46 heavy (non-hydrogen) atoms. The van der Waals surface area contributed by atoms with Crippen molar-refractivity contribution in [3.05, 3.63) is 0 Å². The van der Waals surface area contributed by atoms with E-state index in [0.29, 0.717) is 6.54 Å². The highest BCUT2D eigenvalue weighted by molar-refractivity contribution is 5.89. The van der Waals surface area contributed by atoms with Crippen LogP contribution >= 0.6 is 0 Å². The number of Topliss-reactive ketones (excluding diaryl/α,β-unsaturated/α-hetero) is 2. The van der Waals surface area contributed by atoms with Gasteiger partial charge in [-0.15, -0.1) is 0 Å². The minimum Gasteiger partial charge on any atom is -0.468 e. The van der Waals surface area contributed by atoms with Gasteiger partial charge in [-0.05, 0) is 13.0 Å². The topological polar surface area (TPSA) is 271 Å². The summed E-state index contributed by atoms with van der Waals surface area (Å²) in [4.78, 5) is 74.6. The summed E-state index contributed by atoms with van der Waals surface area (Å²) < 4.78 is 20.5. The van der Waals surface area contributed by atoms with Crippen LogP contribution in [0.4, 0.5) is 0 Å². The van der Waals surface area contributed by atoms with Crippen LogP contribution in [0.2, 0.25) is 0 Å². The molecule has 3 atom stereocenters. The largest absolute Gasteiger partial charge is 0.468 e. The molecule has 0 bridgehead atoms. The first kappa shape index (κ1) is 42.9. The Balaban J connectivity index is 5.16. The fourth-order valence-electron chi connectivity index (χ4n) is 3.91. The van der Waals surface area contributed by atoms with Crippen LogP contribution < -0.4 is 27.4 Å². The molecule has 0 heterocycles. The quantitative estimate of drug-likeness (QED) is 0.0294. The first-order chi connectivity index (χ1) is 22.1. The fraction of sp³-hybridized carbons (Fsp3) is 0.786. The van der Waals surface area contributed by atoms with E-state index in [1.807, 2.05) is 6.92 Å². The predicted octanol–water partition coefficient (Wildman–Crippen LogP) is -4.41. The van der Waals surface area contributed by atoms with Crippen LogP contribution in [0.25, 0.3) is 0 Å². The lowest BCUT2D eigenvalue weighted by Gasteiger charge is -2.23. The standard InChI is InChI=1S/C28H52N6O12/c1-3-6-31-22(28(42)43-2)17-27(41)46-14-11-34(9-12-44-25(39)15-20(23(37)18-35)32-7-4-29)10-13-45-26(40)16-21(24(38)19-36)33-8-5-30/h20-22,31-33,35-36H,3-19,29-30H2,1-2H3. The van der Waals surface area contributed by atoms with Gasteiger partial charge in [-0.2, -0.15) is 0 Å². The molecule has 3 unspecified atom stereocenters. The smallest absolute Gasteiger partial charge is 0.323 e. The normalized spacial score (nSPS) is 13.0. The Hall–Kier alpha value is -3.10. The van der Waals surface area contributed by atoms with Crippen LogP contribution in [0.3, 0.4) is 0 Å². The van der Waals surface area contributed by atoms with Gasteiger partial charge in [0, 0.05) is 45.8 Å². The monoisotopic (exact) mass is 664 g/mol. The number of carbonyl (C=O) groups is 6. The van der Waals surface area contributed by atoms with Crippen molar-refractivity contribution in [1.82, 2.24) is 20.9 Å². The van der Waals surface area contributed by atoms with Crippen LogP contribution in [0.1, 0.15) is 32.6 Å². The van der Waals surface area contributed by atoms with E-state index in [2.05, 4.69) is 16.0 Å². The number of aliphatic hydroxyl groups excluding tert-OH is 2. The van der Waals surface area contributed by atoms with Crippen molar-refractivity contribution < 1.29 is 57.9 Å². The second-order valence-electron chi connectivity index (χ2n) is 9.98. The lowest BCUT2D eigenvalue weighted by atomic mass is 10.1. The average molecular weight is 665 g/mol. The number of ether oxygens (including phenoxy) is 4. The molecule has 0 radical (unpaired) electrons. The molecule has 0 aliphatic rings. The first-order valence-electron chi connectivity index (χ1n) is 15.2. The molecule has 0 aromatic heterocycles. The third kappa shape index (κ3) is 20.1. The summed E-state index contributed by atoms with van der Waals surface area (Å²) in [5.41, 5.74) is 10.9. The van der Waals surface area contributed by atoms with Gasteiger partial charge in [0.05, 0.1) is 38.5 Å². The molecule has 18 nitrogen and oxygen atoms in total. The zero-order chi connectivity index (χ0) is 34.7. The van der Waals surface area contributed by atoms with Crippen molar-refractivity contribution >= 4 is 35.4 Å². The number of rotatable bonds is 29. The number of ketones is 2. The number of hydrogen-bond donors (Lipinski definition) is 7. The second-order valence-corrected chi connectivity index (χ2v) is 9.98. The number of methoxy groups -OCH3 is 1. The summed E-state index contributed by atoms with van der Waals surface area (Å²) in [6, 6.07) is -2.79. The van der Waals surface area contributed by atoms with Crippen LogP contribution in [0.5, 0.6) is 0 Å². The summed E-state index contributed by atoms with van der Waals surface area (Å²) in [7, 11) is 1.22. The van der Waals surface area contributed by atoms with Gasteiger partial charge < -0.3 is 56.6 Å². The molecular weight excluding hydrogens is 612 g/mol. The SMILES string of the molecule is CCCNC(CC(=O)OCCN(CCOC(=O)CC(NCCN)C(=O)CO)CCOC(=O)CC(NCCN)C(=O)CO)C(=O)OC. The van der Waals surface area contributed by atoms with Crippen molar-refractivity contribution in [3.63, 3.8) is 0 Å². The lowest BCUT2D eigenvalue weighted by Crippen LogP contribution is -2.43. The van der Waals surface area contributed by atoms with E-state index in [0.717, 1.165) is 6.42 Å². The highest BCUT2D eigenvalue weighted by atomic mass is 16.5. The Bertz CT molecular complexity index is 811. The number of esters is 4. The molecule has 0 spiro atoms. The summed E-state index contributed by atoms with van der Waals surface area (Å²) in [6.07, 6.45) is -0.167. The van der Waals surface area contributed by atoms with E-state index < -0.39 is 66.8 Å². The first-order valence-corrected chi connectivity index (χ1v) is 15.2. The Kier molecular flexibility index (Phi) is 25.2. The molecule has 266 valence electrons. The van der Waals surface area contributed by atoms with Gasteiger partial charge >= 0.3 is 23.9 Å². The van der Waals surface area contributed by atoms with E-state index in [-0.39, 0.29) is 84.9 Å². The molecule has 0 aromatic carbocycles. The summed E-state index contributed by atoms with van der Waals surface area (Å²) in [6.45, 7) is 1.86. The number of nitrogens with one attached hydrogen (secondary N) is 3. The zero-order valence-electron chi connectivity index (χ0n) is 26.8. The Morgan fingerprint density at radius 3 is 1.35 bits per heavy atom. The molecule has 0 aliphatic heterocycles. The molecule has 18 heteroatoms. The highest BCUT2D eigenvalue weighted by Gasteiger charge is 2.24. The van der Waals surface area contributed by atoms with Gasteiger partial charge in [-0.25, -0.2) is 0 Å². The van der Waals surface area contributed by atoms with E-state index in [1.165, 1.54) is 7.11 Å². The van der Waals surface area contributed by atoms with Gasteiger partial charge in [-0.1, -0.05) is 6.92 Å². The van der Waals surface area contributed by atoms with E-state index in [9.17, 15) is 28.8 Å². The fourth-order valence-corrected chi connectivity index (χ4v) is 3.91. The van der Waals surface area contributed by atoms with Crippen LogP contribution in [-0.4, -0.2) is 161 Å². The van der Waals surface area contributed by atoms with Gasteiger partial charge in [0.25, 0.3) is 0 Å². The molecule has 0 aromatic rings. The lowest BCUT2D eigenvalue weighted by molar-refractivity contribution is -0.151. The Morgan fingerprint density at radius 1 is 0.652 bits per heavy atom. The molecule has 0 fully saturated rings. The average Bonchev–Trinajstić information content (AvgIpc) is 3.05. The number of nitrogens with zero attached hydrogens (tertiary/aromatic N) is 1. The minimum atomic E-state index is -0.961. The molecule has 0 saturated heterocycles. The van der Waals surface area contributed by atoms with Gasteiger partial charge in [0.15, 0.2) is 11.6 Å². The molecule has 0 saturated carbocycles. The van der Waals surface area contributed by atoms with E-state index >= 15 is 0 Å². The summed E-state index contributed by atoms with van der Waals surface area (Å²) >= 11 is 0. The number of hydrogen-bond acceptors (Lipinski definition) is 18. The molecule has 0 aliphatic carbocycles. The van der Waals surface area contributed by atoms with Crippen molar-refractivity contribution in [2.75, 3.05) is 92.5 Å². The number of carbonyl (C=O) groups excluding carboxylic acids is 6. The number of nitrogens with two attached hydrogens (primary N) is 2. The maximum absolute atomic E-state index is 12.4. The third-order valence-corrected chi connectivity index (χ3v) is 6.41. The summed E-state index contributed by atoms with van der Waals surface area (Å²) in [5.74, 6) is -3.82.